The molecule has 17 heavy (non-hydrogen) atoms. The van der Waals surface area contributed by atoms with Gasteiger partial charge in [-0.2, -0.15) is 0 Å². The minimum Gasteiger partial charge on any atom is -0.424 e. The molecular formula is C12H18N2O2S. The van der Waals surface area contributed by atoms with E-state index in [1.54, 1.807) is 6.08 Å². The van der Waals surface area contributed by atoms with Gasteiger partial charge in [-0.05, 0) is 25.5 Å². The molecule has 1 atom stereocenters. The molecule has 0 fully saturated rings. The van der Waals surface area contributed by atoms with Crippen molar-refractivity contribution in [1.82, 2.24) is 0 Å². The van der Waals surface area contributed by atoms with E-state index in [4.69, 9.17) is 28.4 Å². The predicted octanol–water partition coefficient (Wildman–Crippen LogP) is 1.20. The van der Waals surface area contributed by atoms with Crippen LogP contribution in [0, 0.1) is 0 Å². The average Bonchev–Trinajstić information content (AvgIpc) is 2.32. The molecule has 0 saturated carbocycles. The predicted molar refractivity (Wildman–Crippen MR) is 71.4 cm³/mol. The third-order valence-corrected chi connectivity index (χ3v) is 2.81. The molecule has 1 aliphatic carbocycles. The van der Waals surface area contributed by atoms with Crippen LogP contribution < -0.4 is 11.5 Å². The second kappa shape index (κ2) is 7.32. The number of thiocarbonyl (C=S) groups is 1. The zero-order valence-electron chi connectivity index (χ0n) is 9.72. The summed E-state index contributed by atoms with van der Waals surface area (Å²) >= 11 is 5.08. The first-order valence-electron chi connectivity index (χ1n) is 5.72. The molecule has 0 aromatic carbocycles. The zero-order chi connectivity index (χ0) is 12.7. The van der Waals surface area contributed by atoms with Crippen molar-refractivity contribution in [2.45, 2.75) is 31.7 Å². The highest BCUT2D eigenvalue weighted by Gasteiger charge is 2.18. The Bertz CT molecular complexity index is 350. The van der Waals surface area contributed by atoms with Gasteiger partial charge in [0, 0.05) is 6.42 Å². The number of esters is 1. The fourth-order valence-electron chi connectivity index (χ4n) is 1.43. The van der Waals surface area contributed by atoms with Gasteiger partial charge in [0.05, 0.1) is 4.86 Å². The Morgan fingerprint density at radius 1 is 1.53 bits per heavy atom. The maximum absolute atomic E-state index is 11.6. The summed E-state index contributed by atoms with van der Waals surface area (Å²) in [6.07, 6.45) is 8.35. The minimum atomic E-state index is -0.601. The fraction of sp³-hybridized carbons (Fsp3) is 0.500. The molecule has 0 aliphatic heterocycles. The van der Waals surface area contributed by atoms with Gasteiger partial charge in [-0.1, -0.05) is 30.8 Å². The molecular weight excluding hydrogens is 236 g/mol. The molecule has 0 aromatic rings. The third-order valence-electron chi connectivity index (χ3n) is 2.44. The van der Waals surface area contributed by atoms with Gasteiger partial charge < -0.3 is 16.2 Å². The van der Waals surface area contributed by atoms with E-state index in [1.807, 2.05) is 12.2 Å². The van der Waals surface area contributed by atoms with Crippen molar-refractivity contribution in [2.24, 2.45) is 11.5 Å². The highest BCUT2D eigenvalue weighted by atomic mass is 32.1. The van der Waals surface area contributed by atoms with Crippen LogP contribution in [0.1, 0.15) is 25.7 Å². The molecule has 0 heterocycles. The van der Waals surface area contributed by atoms with E-state index in [9.17, 15) is 4.79 Å². The van der Waals surface area contributed by atoms with Gasteiger partial charge in [0.1, 0.15) is 11.8 Å². The maximum atomic E-state index is 11.6. The van der Waals surface area contributed by atoms with Gasteiger partial charge in [-0.25, -0.2) is 4.79 Å². The largest absolute Gasteiger partial charge is 0.424 e. The number of carbonyl (C=O) groups is 1. The first-order chi connectivity index (χ1) is 8.15. The van der Waals surface area contributed by atoms with Crippen LogP contribution in [-0.4, -0.2) is 23.4 Å². The first-order valence-corrected chi connectivity index (χ1v) is 6.13. The molecule has 0 amide bonds. The average molecular weight is 254 g/mol. The maximum Gasteiger partial charge on any atom is 0.328 e. The van der Waals surface area contributed by atoms with Gasteiger partial charge in [-0.3, -0.25) is 0 Å². The highest BCUT2D eigenvalue weighted by molar-refractivity contribution is 7.80. The highest BCUT2D eigenvalue weighted by Crippen LogP contribution is 2.13. The fourth-order valence-corrected chi connectivity index (χ4v) is 1.63. The van der Waals surface area contributed by atoms with Gasteiger partial charge in [0.2, 0.25) is 0 Å². The lowest BCUT2D eigenvalue weighted by Crippen LogP contribution is -2.33. The van der Waals surface area contributed by atoms with E-state index in [0.717, 1.165) is 12.8 Å². The molecule has 0 bridgehead atoms. The number of nitrogens with two attached hydrogens (primary N) is 2. The second-order valence-electron chi connectivity index (χ2n) is 3.90. The van der Waals surface area contributed by atoms with Crippen molar-refractivity contribution in [3.8, 4) is 0 Å². The normalized spacial score (nSPS) is 16.6. The third kappa shape index (κ3) is 4.77. The van der Waals surface area contributed by atoms with E-state index in [2.05, 4.69) is 0 Å². The van der Waals surface area contributed by atoms with Crippen LogP contribution in [0.3, 0.4) is 0 Å². The van der Waals surface area contributed by atoms with E-state index < -0.39 is 12.0 Å². The van der Waals surface area contributed by atoms with Gasteiger partial charge >= 0.3 is 5.97 Å². The van der Waals surface area contributed by atoms with Gasteiger partial charge in [0.25, 0.3) is 0 Å². The minimum absolute atomic E-state index is 0.425. The molecule has 0 saturated heterocycles. The van der Waals surface area contributed by atoms with Crippen LogP contribution in [0.25, 0.3) is 0 Å². The number of ether oxygens (including phenoxy) is 1. The standard InChI is InChI=1S/C12H18N2O2S/c13-8-4-3-5-9(14)12(15)16-10-6-1-2-7-11(10)17/h1-2,6,9H,3-5,7-8,13-14H2/t9-/m0/s1. The molecule has 94 valence electrons. The number of allylic oxidation sites excluding steroid dienone is 4. The monoisotopic (exact) mass is 254 g/mol. The van der Waals surface area contributed by atoms with Crippen LogP contribution in [0.5, 0.6) is 0 Å². The van der Waals surface area contributed by atoms with Gasteiger partial charge in [-0.15, -0.1) is 0 Å². The summed E-state index contributed by atoms with van der Waals surface area (Å²) in [5, 5.41) is 0. The molecule has 4 N–H and O–H groups in total. The lowest BCUT2D eigenvalue weighted by atomic mass is 10.1. The Hall–Kier alpha value is -1.04. The molecule has 0 radical (unpaired) electrons. The molecule has 0 unspecified atom stereocenters. The number of hydrogen-bond acceptors (Lipinski definition) is 5. The Labute approximate surface area is 107 Å². The Morgan fingerprint density at radius 3 is 2.94 bits per heavy atom. The van der Waals surface area contributed by atoms with Crippen molar-refractivity contribution >= 4 is 23.1 Å². The molecule has 0 aromatic heterocycles. The molecule has 0 spiro atoms. The van der Waals surface area contributed by atoms with E-state index in [1.165, 1.54) is 0 Å². The lowest BCUT2D eigenvalue weighted by molar-refractivity contribution is -0.140. The summed E-state index contributed by atoms with van der Waals surface area (Å²) in [4.78, 5) is 12.3. The van der Waals surface area contributed by atoms with Gasteiger partial charge in [0.15, 0.2) is 0 Å². The summed E-state index contributed by atoms with van der Waals surface area (Å²) < 4.78 is 5.17. The summed E-state index contributed by atoms with van der Waals surface area (Å²) in [6, 6.07) is -0.601. The second-order valence-corrected chi connectivity index (χ2v) is 4.39. The smallest absolute Gasteiger partial charge is 0.328 e. The Balaban J connectivity index is 2.40. The number of hydrogen-bond donors (Lipinski definition) is 2. The van der Waals surface area contributed by atoms with E-state index in [0.29, 0.717) is 30.0 Å². The summed E-state index contributed by atoms with van der Waals surface area (Å²) in [5.74, 6) is 0.0210. The molecule has 4 nitrogen and oxygen atoms in total. The van der Waals surface area contributed by atoms with Crippen molar-refractivity contribution in [2.75, 3.05) is 6.54 Å². The van der Waals surface area contributed by atoms with E-state index >= 15 is 0 Å². The van der Waals surface area contributed by atoms with Crippen LogP contribution >= 0.6 is 12.2 Å². The molecule has 1 aliphatic rings. The van der Waals surface area contributed by atoms with E-state index in [-0.39, 0.29) is 0 Å². The summed E-state index contributed by atoms with van der Waals surface area (Å²) in [6.45, 7) is 0.613. The van der Waals surface area contributed by atoms with Crippen molar-refractivity contribution < 1.29 is 9.53 Å². The summed E-state index contributed by atoms with van der Waals surface area (Å²) in [7, 11) is 0. The van der Waals surface area contributed by atoms with Crippen LogP contribution in [0.2, 0.25) is 0 Å². The first kappa shape index (κ1) is 14.0. The number of unbranched alkanes of at least 4 members (excludes halogenated alkanes) is 1. The van der Waals surface area contributed by atoms with Crippen molar-refractivity contribution in [1.29, 1.82) is 0 Å². The number of carbonyl (C=O) groups excluding carboxylic acids is 1. The lowest BCUT2D eigenvalue weighted by Gasteiger charge is -2.14. The Kier molecular flexibility index (Phi) is 6.04. The number of rotatable bonds is 6. The van der Waals surface area contributed by atoms with Crippen molar-refractivity contribution in [3.05, 3.63) is 24.0 Å². The zero-order valence-corrected chi connectivity index (χ0v) is 10.5. The topological polar surface area (TPSA) is 78.3 Å². The summed E-state index contributed by atoms with van der Waals surface area (Å²) in [5.41, 5.74) is 11.1. The SMILES string of the molecule is NCCCC[C@H](N)C(=O)OC1=CC=CCC1=S. The Morgan fingerprint density at radius 2 is 2.29 bits per heavy atom. The quantitative estimate of drug-likeness (QED) is 0.423. The molecule has 5 heteroatoms. The van der Waals surface area contributed by atoms with Crippen LogP contribution in [-0.2, 0) is 9.53 Å². The van der Waals surface area contributed by atoms with Crippen LogP contribution in [0.4, 0.5) is 0 Å². The van der Waals surface area contributed by atoms with Crippen LogP contribution in [0.15, 0.2) is 24.0 Å². The molecule has 1 rings (SSSR count). The van der Waals surface area contributed by atoms with Crippen molar-refractivity contribution in [3.63, 3.8) is 0 Å².